The minimum atomic E-state index is -0.746. The highest BCUT2D eigenvalue weighted by Gasteiger charge is 2.19. The molecule has 1 amide bonds. The minimum absolute atomic E-state index is 0.188. The number of ether oxygens (including phenoxy) is 2. The molecule has 0 radical (unpaired) electrons. The lowest BCUT2D eigenvalue weighted by atomic mass is 10.1. The number of anilines is 1. The summed E-state index contributed by atoms with van der Waals surface area (Å²) in [6.07, 6.45) is -0.746. The summed E-state index contributed by atoms with van der Waals surface area (Å²) in [5.74, 6) is 0.159. The molecule has 9 nitrogen and oxygen atoms in total. The molecule has 0 bridgehead atoms. The SMILES string of the molecule is Cc1cc2nc(COC(=O)c3cccc(NC(=O)[C@@H](C)Oc4ccccc4)c3C)cc(=O)n2o1. The molecule has 1 N–H and O–H groups in total. The number of fused-ring (bicyclic) bond motifs is 1. The van der Waals surface area contributed by atoms with E-state index in [1.807, 2.05) is 18.2 Å². The van der Waals surface area contributed by atoms with Gasteiger partial charge in [-0.3, -0.25) is 9.59 Å². The van der Waals surface area contributed by atoms with Crippen molar-refractivity contribution < 1.29 is 23.6 Å². The van der Waals surface area contributed by atoms with Gasteiger partial charge in [-0.05, 0) is 50.6 Å². The van der Waals surface area contributed by atoms with Crippen LogP contribution >= 0.6 is 0 Å². The summed E-state index contributed by atoms with van der Waals surface area (Å²) in [5, 5.41) is 2.79. The van der Waals surface area contributed by atoms with Crippen LogP contribution in [0, 0.1) is 13.8 Å². The Bertz CT molecular complexity index is 1410. The Kier molecular flexibility index (Phi) is 6.44. The highest BCUT2D eigenvalue weighted by molar-refractivity contribution is 5.98. The number of carbonyl (C=O) groups excluding carboxylic acids is 2. The van der Waals surface area contributed by atoms with Gasteiger partial charge in [-0.25, -0.2) is 9.78 Å². The lowest BCUT2D eigenvalue weighted by Crippen LogP contribution is -2.30. The third-order valence-electron chi connectivity index (χ3n) is 5.11. The van der Waals surface area contributed by atoms with Crippen molar-refractivity contribution in [1.29, 1.82) is 0 Å². The van der Waals surface area contributed by atoms with Crippen LogP contribution in [0.15, 0.2) is 70.0 Å². The van der Waals surface area contributed by atoms with Crippen molar-refractivity contribution in [3.05, 3.63) is 93.6 Å². The molecule has 0 aliphatic carbocycles. The molecule has 174 valence electrons. The van der Waals surface area contributed by atoms with Crippen LogP contribution < -0.4 is 15.6 Å². The second kappa shape index (κ2) is 9.62. The molecule has 4 aromatic rings. The van der Waals surface area contributed by atoms with Gasteiger partial charge in [0, 0.05) is 17.8 Å². The van der Waals surface area contributed by atoms with Crippen molar-refractivity contribution in [3.63, 3.8) is 0 Å². The number of rotatable bonds is 7. The molecular weight excluding hydrogens is 438 g/mol. The van der Waals surface area contributed by atoms with Crippen LogP contribution in [0.4, 0.5) is 5.69 Å². The molecule has 1 atom stereocenters. The van der Waals surface area contributed by atoms with Gasteiger partial charge in [-0.1, -0.05) is 24.3 Å². The lowest BCUT2D eigenvalue weighted by Gasteiger charge is -2.16. The Morgan fingerprint density at radius 3 is 2.62 bits per heavy atom. The standard InChI is InChI=1S/C25H23N3O6/c1-15-12-22-26-18(13-23(29)28(22)34-15)14-32-25(31)20-10-7-11-21(16(20)2)27-24(30)17(3)33-19-8-5-4-6-9-19/h4-13,17H,14H2,1-3H3,(H,27,30)/t17-/m1/s1. The number of nitrogens with zero attached hydrogens (tertiary/aromatic N) is 2. The smallest absolute Gasteiger partial charge is 0.338 e. The van der Waals surface area contributed by atoms with E-state index in [1.54, 1.807) is 57.2 Å². The van der Waals surface area contributed by atoms with Gasteiger partial charge in [-0.2, -0.15) is 0 Å². The Morgan fingerprint density at radius 2 is 1.85 bits per heavy atom. The van der Waals surface area contributed by atoms with Crippen LogP contribution in [0.1, 0.15) is 34.3 Å². The van der Waals surface area contributed by atoms with Crippen molar-refractivity contribution in [1.82, 2.24) is 9.56 Å². The minimum Gasteiger partial charge on any atom is -0.481 e. The molecule has 0 saturated heterocycles. The second-order valence-electron chi connectivity index (χ2n) is 7.70. The van der Waals surface area contributed by atoms with Gasteiger partial charge in [-0.15, -0.1) is 4.57 Å². The van der Waals surface area contributed by atoms with Crippen LogP contribution in [0.25, 0.3) is 5.65 Å². The molecular formula is C25H23N3O6. The molecule has 0 aliphatic heterocycles. The first-order valence-electron chi connectivity index (χ1n) is 10.6. The summed E-state index contributed by atoms with van der Waals surface area (Å²) in [6, 6.07) is 16.8. The second-order valence-corrected chi connectivity index (χ2v) is 7.70. The molecule has 2 aromatic heterocycles. The van der Waals surface area contributed by atoms with Crippen molar-refractivity contribution in [3.8, 4) is 5.75 Å². The van der Waals surface area contributed by atoms with Crippen molar-refractivity contribution in [2.45, 2.75) is 33.5 Å². The largest absolute Gasteiger partial charge is 0.481 e. The van der Waals surface area contributed by atoms with Gasteiger partial charge in [0.05, 0.1) is 11.3 Å². The normalized spacial score (nSPS) is 11.7. The molecule has 0 saturated carbocycles. The molecule has 0 spiro atoms. The first-order valence-corrected chi connectivity index (χ1v) is 10.6. The zero-order valence-corrected chi connectivity index (χ0v) is 18.9. The average Bonchev–Trinajstić information content (AvgIpc) is 3.20. The van der Waals surface area contributed by atoms with Crippen LogP contribution in [-0.2, 0) is 16.1 Å². The van der Waals surface area contributed by atoms with Gasteiger partial charge in [0.1, 0.15) is 18.1 Å². The third kappa shape index (κ3) is 4.98. The highest BCUT2D eigenvalue weighted by Crippen LogP contribution is 2.21. The molecule has 34 heavy (non-hydrogen) atoms. The zero-order valence-electron chi connectivity index (χ0n) is 18.9. The van der Waals surface area contributed by atoms with Crippen LogP contribution in [0.2, 0.25) is 0 Å². The van der Waals surface area contributed by atoms with Crippen LogP contribution in [0.5, 0.6) is 5.75 Å². The van der Waals surface area contributed by atoms with E-state index in [0.29, 0.717) is 34.1 Å². The highest BCUT2D eigenvalue weighted by atomic mass is 16.5. The maximum atomic E-state index is 12.7. The van der Waals surface area contributed by atoms with Crippen molar-refractivity contribution in [2.75, 3.05) is 5.32 Å². The number of carbonyl (C=O) groups is 2. The summed E-state index contributed by atoms with van der Waals surface area (Å²) < 4.78 is 17.3. The molecule has 9 heteroatoms. The van der Waals surface area contributed by atoms with E-state index in [9.17, 15) is 14.4 Å². The molecule has 2 heterocycles. The third-order valence-corrected chi connectivity index (χ3v) is 5.11. The Balaban J connectivity index is 1.43. The van der Waals surface area contributed by atoms with E-state index in [2.05, 4.69) is 10.3 Å². The number of nitrogens with one attached hydrogen (secondary N) is 1. The van der Waals surface area contributed by atoms with Crippen molar-refractivity contribution in [2.24, 2.45) is 0 Å². The Hall–Kier alpha value is -4.40. The summed E-state index contributed by atoms with van der Waals surface area (Å²) in [6.45, 7) is 4.87. The number of hydrogen-bond donors (Lipinski definition) is 1. The monoisotopic (exact) mass is 461 g/mol. The van der Waals surface area contributed by atoms with Crippen LogP contribution in [-0.4, -0.2) is 27.5 Å². The topological polar surface area (TPSA) is 112 Å². The number of esters is 1. The average molecular weight is 461 g/mol. The van der Waals surface area contributed by atoms with Gasteiger partial charge < -0.3 is 19.3 Å². The predicted octanol–water partition coefficient (Wildman–Crippen LogP) is 3.67. The molecule has 0 unspecified atom stereocenters. The first kappa shape index (κ1) is 22.8. The molecule has 0 fully saturated rings. The van der Waals surface area contributed by atoms with Gasteiger partial charge in [0.2, 0.25) is 0 Å². The molecule has 2 aromatic carbocycles. The maximum absolute atomic E-state index is 12.7. The van der Waals surface area contributed by atoms with E-state index < -0.39 is 17.6 Å². The van der Waals surface area contributed by atoms with Gasteiger partial charge in [0.25, 0.3) is 11.5 Å². The number of aromatic nitrogens is 2. The summed E-state index contributed by atoms with van der Waals surface area (Å²) in [7, 11) is 0. The lowest BCUT2D eigenvalue weighted by molar-refractivity contribution is -0.122. The fraction of sp³-hybridized carbons (Fsp3) is 0.200. The fourth-order valence-corrected chi connectivity index (χ4v) is 3.35. The molecule has 4 rings (SSSR count). The summed E-state index contributed by atoms with van der Waals surface area (Å²) in [5.41, 5.74) is 1.52. The molecule has 0 aliphatic rings. The van der Waals surface area contributed by atoms with E-state index in [-0.39, 0.29) is 18.1 Å². The summed E-state index contributed by atoms with van der Waals surface area (Å²) >= 11 is 0. The van der Waals surface area contributed by atoms with E-state index in [4.69, 9.17) is 14.0 Å². The number of benzene rings is 2. The Labute approximate surface area is 194 Å². The number of hydrogen-bond acceptors (Lipinski definition) is 7. The quantitative estimate of drug-likeness (QED) is 0.418. The summed E-state index contributed by atoms with van der Waals surface area (Å²) in [4.78, 5) is 41.7. The van der Waals surface area contributed by atoms with Gasteiger partial charge in [0.15, 0.2) is 11.8 Å². The Morgan fingerprint density at radius 1 is 1.09 bits per heavy atom. The first-order chi connectivity index (χ1) is 16.3. The number of aryl methyl sites for hydroxylation is 1. The zero-order chi connectivity index (χ0) is 24.2. The maximum Gasteiger partial charge on any atom is 0.338 e. The van der Waals surface area contributed by atoms with Gasteiger partial charge >= 0.3 is 5.97 Å². The number of amides is 1. The fourth-order valence-electron chi connectivity index (χ4n) is 3.35. The number of para-hydroxylation sites is 1. The van der Waals surface area contributed by atoms with E-state index in [1.165, 1.54) is 6.07 Å². The van der Waals surface area contributed by atoms with Crippen molar-refractivity contribution >= 4 is 23.2 Å². The van der Waals surface area contributed by atoms with E-state index >= 15 is 0 Å². The van der Waals surface area contributed by atoms with Crippen LogP contribution in [0.3, 0.4) is 0 Å². The van der Waals surface area contributed by atoms with E-state index in [0.717, 1.165) is 4.57 Å². The predicted molar refractivity (Wildman–Crippen MR) is 124 cm³/mol.